The molecule has 0 spiro atoms. The van der Waals surface area contributed by atoms with Crippen LogP contribution < -0.4 is 19.3 Å². The van der Waals surface area contributed by atoms with Gasteiger partial charge in [-0.05, 0) is 25.1 Å². The number of rotatable bonds is 3. The van der Waals surface area contributed by atoms with Gasteiger partial charge in [0.15, 0.2) is 11.5 Å². The average molecular weight is 369 g/mol. The molecule has 2 aromatic rings. The van der Waals surface area contributed by atoms with Crippen LogP contribution in [0.15, 0.2) is 24.3 Å². The molecule has 1 fully saturated rings. The molecule has 1 aromatic heterocycles. The first-order chi connectivity index (χ1) is 13.0. The zero-order chi connectivity index (χ0) is 19.0. The highest BCUT2D eigenvalue weighted by Crippen LogP contribution is 2.33. The number of carbonyl (C=O) groups excluding carboxylic acids is 1. The van der Waals surface area contributed by atoms with E-state index in [0.717, 1.165) is 11.5 Å². The first kappa shape index (κ1) is 17.4. The minimum Gasteiger partial charge on any atom is -0.454 e. The molecule has 142 valence electrons. The highest BCUT2D eigenvalue weighted by Gasteiger charge is 2.25. The van der Waals surface area contributed by atoms with Crippen molar-refractivity contribution in [2.75, 3.05) is 56.9 Å². The summed E-state index contributed by atoms with van der Waals surface area (Å²) in [4.78, 5) is 28.0. The summed E-state index contributed by atoms with van der Waals surface area (Å²) < 4.78 is 10.7. The molecule has 1 aromatic carbocycles. The predicted molar refractivity (Wildman–Crippen MR) is 102 cm³/mol. The number of hydrogen-bond donors (Lipinski definition) is 0. The van der Waals surface area contributed by atoms with Crippen molar-refractivity contribution in [3.63, 3.8) is 0 Å². The fraction of sp³-hybridized carbons (Fsp3) is 0.421. The number of anilines is 2. The van der Waals surface area contributed by atoms with Crippen molar-refractivity contribution in [2.24, 2.45) is 0 Å². The van der Waals surface area contributed by atoms with E-state index in [1.807, 2.05) is 36.9 Å². The zero-order valence-electron chi connectivity index (χ0n) is 15.8. The molecule has 4 rings (SSSR count). The molecule has 8 heteroatoms. The van der Waals surface area contributed by atoms with Crippen LogP contribution in [0.2, 0.25) is 0 Å². The van der Waals surface area contributed by atoms with Crippen molar-refractivity contribution >= 4 is 17.7 Å². The van der Waals surface area contributed by atoms with Crippen LogP contribution in [0.4, 0.5) is 11.8 Å². The molecule has 3 heterocycles. The highest BCUT2D eigenvalue weighted by molar-refractivity contribution is 5.95. The maximum Gasteiger partial charge on any atom is 0.254 e. The Hall–Kier alpha value is -3.03. The topological polar surface area (TPSA) is 71.0 Å². The van der Waals surface area contributed by atoms with E-state index in [1.54, 1.807) is 18.2 Å². The first-order valence-corrected chi connectivity index (χ1v) is 8.98. The third-order valence-corrected chi connectivity index (χ3v) is 4.76. The van der Waals surface area contributed by atoms with Gasteiger partial charge in [-0.25, -0.2) is 4.98 Å². The maximum atomic E-state index is 12.8. The quantitative estimate of drug-likeness (QED) is 0.813. The normalized spacial score (nSPS) is 15.8. The van der Waals surface area contributed by atoms with Gasteiger partial charge in [-0.15, -0.1) is 0 Å². The van der Waals surface area contributed by atoms with Crippen LogP contribution >= 0.6 is 0 Å². The summed E-state index contributed by atoms with van der Waals surface area (Å²) in [5.41, 5.74) is 1.55. The smallest absolute Gasteiger partial charge is 0.254 e. The van der Waals surface area contributed by atoms with Crippen molar-refractivity contribution in [3.05, 3.63) is 35.5 Å². The number of aromatic nitrogens is 2. The number of amides is 1. The maximum absolute atomic E-state index is 12.8. The SMILES string of the molecule is Cc1cc(N(C)C)nc(N2CCN(C(=O)c3ccc4c(c3)OCO4)CC2)n1. The number of piperazine rings is 1. The van der Waals surface area contributed by atoms with Crippen LogP contribution in [0.25, 0.3) is 0 Å². The Kier molecular flexibility index (Phi) is 4.47. The zero-order valence-corrected chi connectivity index (χ0v) is 15.8. The Morgan fingerprint density at radius 3 is 2.52 bits per heavy atom. The molecule has 1 amide bonds. The van der Waals surface area contributed by atoms with Crippen LogP contribution in [-0.4, -0.2) is 67.8 Å². The van der Waals surface area contributed by atoms with Crippen LogP contribution in [0.1, 0.15) is 16.1 Å². The van der Waals surface area contributed by atoms with Gasteiger partial charge in [0, 0.05) is 57.6 Å². The largest absolute Gasteiger partial charge is 0.454 e. The minimum absolute atomic E-state index is 0.00657. The van der Waals surface area contributed by atoms with Gasteiger partial charge in [0.1, 0.15) is 5.82 Å². The molecule has 1 saturated heterocycles. The molecule has 0 N–H and O–H groups in total. The molecule has 0 aliphatic carbocycles. The van der Waals surface area contributed by atoms with Gasteiger partial charge in [0.05, 0.1) is 0 Å². The highest BCUT2D eigenvalue weighted by atomic mass is 16.7. The molecule has 0 saturated carbocycles. The molecule has 2 aliphatic rings. The predicted octanol–water partition coefficient (Wildman–Crippen LogP) is 1.54. The first-order valence-electron chi connectivity index (χ1n) is 8.98. The molecular formula is C19H23N5O3. The number of ether oxygens (including phenoxy) is 2. The summed E-state index contributed by atoms with van der Waals surface area (Å²) in [6.45, 7) is 4.83. The van der Waals surface area contributed by atoms with E-state index in [0.29, 0.717) is 49.2 Å². The summed E-state index contributed by atoms with van der Waals surface area (Å²) in [5.74, 6) is 2.92. The van der Waals surface area contributed by atoms with Gasteiger partial charge in [-0.3, -0.25) is 4.79 Å². The Morgan fingerprint density at radius 2 is 1.78 bits per heavy atom. The molecule has 0 radical (unpaired) electrons. The van der Waals surface area contributed by atoms with E-state index < -0.39 is 0 Å². The van der Waals surface area contributed by atoms with Crippen LogP contribution in [0, 0.1) is 6.92 Å². The van der Waals surface area contributed by atoms with Gasteiger partial charge < -0.3 is 24.2 Å². The fourth-order valence-corrected chi connectivity index (χ4v) is 3.23. The van der Waals surface area contributed by atoms with Crippen molar-refractivity contribution in [2.45, 2.75) is 6.92 Å². The van der Waals surface area contributed by atoms with Gasteiger partial charge in [0.2, 0.25) is 12.7 Å². The van der Waals surface area contributed by atoms with Crippen LogP contribution in [0.5, 0.6) is 11.5 Å². The summed E-state index contributed by atoms with van der Waals surface area (Å²) in [7, 11) is 3.93. The standard InChI is InChI=1S/C19H23N5O3/c1-13-10-17(22(2)3)21-19(20-13)24-8-6-23(7-9-24)18(25)14-4-5-15-16(11-14)27-12-26-15/h4-5,10-11H,6-9,12H2,1-3H3. The van der Waals surface area contributed by atoms with E-state index in [1.165, 1.54) is 0 Å². The lowest BCUT2D eigenvalue weighted by Gasteiger charge is -2.35. The second kappa shape index (κ2) is 6.94. The third-order valence-electron chi connectivity index (χ3n) is 4.76. The van der Waals surface area contributed by atoms with E-state index in [-0.39, 0.29) is 12.7 Å². The second-order valence-corrected chi connectivity index (χ2v) is 6.91. The lowest BCUT2D eigenvalue weighted by molar-refractivity contribution is 0.0746. The molecule has 0 atom stereocenters. The van der Waals surface area contributed by atoms with Gasteiger partial charge in [-0.1, -0.05) is 0 Å². The molecule has 0 unspecified atom stereocenters. The number of aryl methyl sites for hydroxylation is 1. The third kappa shape index (κ3) is 3.47. The average Bonchev–Trinajstić information content (AvgIpc) is 3.15. The lowest BCUT2D eigenvalue weighted by atomic mass is 10.1. The fourth-order valence-electron chi connectivity index (χ4n) is 3.23. The van der Waals surface area contributed by atoms with Gasteiger partial charge in [-0.2, -0.15) is 4.98 Å². The van der Waals surface area contributed by atoms with Gasteiger partial charge in [0.25, 0.3) is 5.91 Å². The number of benzene rings is 1. The summed E-state index contributed by atoms with van der Waals surface area (Å²) >= 11 is 0. The Labute approximate surface area is 158 Å². The Balaban J connectivity index is 1.44. The van der Waals surface area contributed by atoms with Crippen LogP contribution in [0.3, 0.4) is 0 Å². The minimum atomic E-state index is 0.00657. The lowest BCUT2D eigenvalue weighted by Crippen LogP contribution is -2.49. The van der Waals surface area contributed by atoms with E-state index in [9.17, 15) is 4.79 Å². The monoisotopic (exact) mass is 369 g/mol. The second-order valence-electron chi connectivity index (χ2n) is 6.91. The van der Waals surface area contributed by atoms with E-state index in [4.69, 9.17) is 9.47 Å². The van der Waals surface area contributed by atoms with Crippen LogP contribution in [-0.2, 0) is 0 Å². The number of nitrogens with zero attached hydrogens (tertiary/aromatic N) is 5. The number of hydrogen-bond acceptors (Lipinski definition) is 7. The molecule has 8 nitrogen and oxygen atoms in total. The van der Waals surface area contributed by atoms with E-state index >= 15 is 0 Å². The van der Waals surface area contributed by atoms with Crippen molar-refractivity contribution in [3.8, 4) is 11.5 Å². The van der Waals surface area contributed by atoms with E-state index in [2.05, 4.69) is 14.9 Å². The molecular weight excluding hydrogens is 346 g/mol. The molecule has 2 aliphatic heterocycles. The number of carbonyl (C=O) groups is 1. The number of fused-ring (bicyclic) bond motifs is 1. The summed E-state index contributed by atoms with van der Waals surface area (Å²) in [6.07, 6.45) is 0. The molecule has 0 bridgehead atoms. The van der Waals surface area contributed by atoms with Crippen molar-refractivity contribution in [1.29, 1.82) is 0 Å². The summed E-state index contributed by atoms with van der Waals surface area (Å²) in [5, 5.41) is 0. The van der Waals surface area contributed by atoms with Crippen molar-refractivity contribution < 1.29 is 14.3 Å². The van der Waals surface area contributed by atoms with Gasteiger partial charge >= 0.3 is 0 Å². The molecule has 27 heavy (non-hydrogen) atoms. The van der Waals surface area contributed by atoms with Crippen molar-refractivity contribution in [1.82, 2.24) is 14.9 Å². The Bertz CT molecular complexity index is 862. The Morgan fingerprint density at radius 1 is 1.04 bits per heavy atom. The summed E-state index contributed by atoms with van der Waals surface area (Å²) in [6, 6.07) is 7.29.